The van der Waals surface area contributed by atoms with Crippen molar-refractivity contribution in [1.82, 2.24) is 10.3 Å². The molecule has 0 aliphatic carbocycles. The molecule has 2 aromatic carbocycles. The molecule has 140 valence electrons. The molecule has 0 fully saturated rings. The van der Waals surface area contributed by atoms with Gasteiger partial charge in [0.15, 0.2) is 12.4 Å². The largest absolute Gasteiger partial charge is 0.496 e. The summed E-state index contributed by atoms with van der Waals surface area (Å²) in [5, 5.41) is 4.31. The third kappa shape index (κ3) is 4.43. The Hall–Kier alpha value is -2.50. The minimum Gasteiger partial charge on any atom is -0.496 e. The predicted octanol–water partition coefficient (Wildman–Crippen LogP) is 4.55. The van der Waals surface area contributed by atoms with Crippen LogP contribution in [-0.2, 0) is 11.3 Å². The molecule has 0 unspecified atom stereocenters. The van der Waals surface area contributed by atoms with Crippen LogP contribution in [0.5, 0.6) is 11.5 Å². The fourth-order valence-electron chi connectivity index (χ4n) is 2.66. The Kier molecular flexibility index (Phi) is 6.04. The zero-order valence-corrected chi connectivity index (χ0v) is 16.4. The number of carbonyl (C=O) groups is 1. The van der Waals surface area contributed by atoms with Gasteiger partial charge in [0.05, 0.1) is 17.2 Å². The van der Waals surface area contributed by atoms with Crippen LogP contribution in [0.2, 0.25) is 10.0 Å². The quantitative estimate of drug-likeness (QED) is 0.654. The van der Waals surface area contributed by atoms with E-state index in [9.17, 15) is 4.79 Å². The van der Waals surface area contributed by atoms with E-state index in [4.69, 9.17) is 32.7 Å². The van der Waals surface area contributed by atoms with Crippen molar-refractivity contribution in [3.63, 3.8) is 0 Å². The van der Waals surface area contributed by atoms with Crippen LogP contribution in [0.4, 0.5) is 0 Å². The summed E-state index contributed by atoms with van der Waals surface area (Å²) >= 11 is 12.5. The van der Waals surface area contributed by atoms with E-state index in [2.05, 4.69) is 10.3 Å². The predicted molar refractivity (Wildman–Crippen MR) is 107 cm³/mol. The Balaban J connectivity index is 1.71. The van der Waals surface area contributed by atoms with E-state index in [0.717, 1.165) is 16.6 Å². The molecule has 3 aromatic rings. The number of aryl methyl sites for hydroxylation is 1. The number of methoxy groups -OCH3 is 1. The second kappa shape index (κ2) is 8.46. The van der Waals surface area contributed by atoms with E-state index >= 15 is 0 Å². The minimum atomic E-state index is -0.285. The summed E-state index contributed by atoms with van der Waals surface area (Å²) in [7, 11) is 1.59. The number of hydrogen-bond acceptors (Lipinski definition) is 4. The average molecular weight is 405 g/mol. The number of carbonyl (C=O) groups excluding carboxylic acids is 1. The van der Waals surface area contributed by atoms with E-state index in [-0.39, 0.29) is 12.5 Å². The molecule has 1 aromatic heterocycles. The lowest BCUT2D eigenvalue weighted by atomic mass is 10.2. The number of fused-ring (bicyclic) bond motifs is 1. The molecular formula is C20H18Cl2N2O3. The third-order valence-corrected chi connectivity index (χ3v) is 4.59. The molecule has 0 radical (unpaired) electrons. The molecule has 0 spiro atoms. The highest BCUT2D eigenvalue weighted by atomic mass is 35.5. The van der Waals surface area contributed by atoms with E-state index in [1.54, 1.807) is 13.2 Å². The number of ether oxygens (including phenoxy) is 2. The Bertz CT molecular complexity index is 992. The highest BCUT2D eigenvalue weighted by Gasteiger charge is 2.15. The lowest BCUT2D eigenvalue weighted by Gasteiger charge is -2.13. The summed E-state index contributed by atoms with van der Waals surface area (Å²) in [6.07, 6.45) is 0. The number of benzene rings is 2. The van der Waals surface area contributed by atoms with Crippen molar-refractivity contribution in [2.45, 2.75) is 13.5 Å². The standard InChI is InChI=1S/C20H18Cl2N2O3/c1-12-7-8-14-15(21)9-16(22)20(19(14)24-12)27-11-18(25)23-10-13-5-3-4-6-17(13)26-2/h3-9H,10-11H2,1-2H3,(H,23,25). The summed E-state index contributed by atoms with van der Waals surface area (Å²) in [5.41, 5.74) is 2.21. The maximum Gasteiger partial charge on any atom is 0.258 e. The monoisotopic (exact) mass is 404 g/mol. The highest BCUT2D eigenvalue weighted by Crippen LogP contribution is 2.37. The first-order valence-corrected chi connectivity index (χ1v) is 9.02. The fraction of sp³-hybridized carbons (Fsp3) is 0.200. The number of amides is 1. The van der Waals surface area contributed by atoms with Gasteiger partial charge in [-0.3, -0.25) is 4.79 Å². The van der Waals surface area contributed by atoms with Crippen LogP contribution in [0.25, 0.3) is 10.9 Å². The number of pyridine rings is 1. The maximum absolute atomic E-state index is 12.2. The average Bonchev–Trinajstić information content (AvgIpc) is 2.66. The Morgan fingerprint density at radius 2 is 1.93 bits per heavy atom. The zero-order chi connectivity index (χ0) is 19.4. The molecule has 1 amide bonds. The van der Waals surface area contributed by atoms with E-state index in [0.29, 0.717) is 33.6 Å². The van der Waals surface area contributed by atoms with Crippen LogP contribution in [0, 0.1) is 6.92 Å². The minimum absolute atomic E-state index is 0.193. The Labute approximate surface area is 167 Å². The van der Waals surface area contributed by atoms with Gasteiger partial charge in [0.25, 0.3) is 5.91 Å². The molecule has 0 aliphatic heterocycles. The fourth-order valence-corrected chi connectivity index (χ4v) is 3.23. The van der Waals surface area contributed by atoms with Crippen LogP contribution in [0.1, 0.15) is 11.3 Å². The van der Waals surface area contributed by atoms with Gasteiger partial charge >= 0.3 is 0 Å². The SMILES string of the molecule is COc1ccccc1CNC(=O)COc1c(Cl)cc(Cl)c2ccc(C)nc12. The number of hydrogen-bond donors (Lipinski definition) is 1. The number of para-hydroxylation sites is 1. The Morgan fingerprint density at radius 3 is 2.70 bits per heavy atom. The van der Waals surface area contributed by atoms with Gasteiger partial charge in [0.1, 0.15) is 11.3 Å². The van der Waals surface area contributed by atoms with Crippen molar-refractivity contribution in [2.75, 3.05) is 13.7 Å². The van der Waals surface area contributed by atoms with Crippen molar-refractivity contribution in [3.05, 3.63) is 63.8 Å². The van der Waals surface area contributed by atoms with Gasteiger partial charge in [-0.1, -0.05) is 41.4 Å². The first kappa shape index (κ1) is 19.3. The molecule has 0 saturated heterocycles. The Morgan fingerprint density at radius 1 is 1.15 bits per heavy atom. The van der Waals surface area contributed by atoms with Gasteiger partial charge in [-0.25, -0.2) is 4.98 Å². The smallest absolute Gasteiger partial charge is 0.258 e. The van der Waals surface area contributed by atoms with Crippen LogP contribution >= 0.6 is 23.2 Å². The lowest BCUT2D eigenvalue weighted by Crippen LogP contribution is -2.28. The maximum atomic E-state index is 12.2. The number of aromatic nitrogens is 1. The normalized spacial score (nSPS) is 10.7. The highest BCUT2D eigenvalue weighted by molar-refractivity contribution is 6.39. The van der Waals surface area contributed by atoms with Crippen molar-refractivity contribution >= 4 is 40.0 Å². The van der Waals surface area contributed by atoms with Crippen molar-refractivity contribution in [2.24, 2.45) is 0 Å². The molecule has 0 aliphatic rings. The molecule has 1 heterocycles. The number of nitrogens with one attached hydrogen (secondary N) is 1. The number of halogens is 2. The second-order valence-corrected chi connectivity index (χ2v) is 6.71. The van der Waals surface area contributed by atoms with Gasteiger partial charge in [0, 0.05) is 23.2 Å². The van der Waals surface area contributed by atoms with Crippen LogP contribution in [-0.4, -0.2) is 24.6 Å². The zero-order valence-electron chi connectivity index (χ0n) is 14.9. The third-order valence-electron chi connectivity index (χ3n) is 3.99. The summed E-state index contributed by atoms with van der Waals surface area (Å²) in [4.78, 5) is 16.7. The van der Waals surface area contributed by atoms with Gasteiger partial charge in [0.2, 0.25) is 0 Å². The first-order chi connectivity index (χ1) is 13.0. The lowest BCUT2D eigenvalue weighted by molar-refractivity contribution is -0.123. The van der Waals surface area contributed by atoms with Gasteiger partial charge in [-0.05, 0) is 31.2 Å². The van der Waals surface area contributed by atoms with Gasteiger partial charge < -0.3 is 14.8 Å². The molecule has 5 nitrogen and oxygen atoms in total. The van der Waals surface area contributed by atoms with Gasteiger partial charge in [-0.15, -0.1) is 0 Å². The topological polar surface area (TPSA) is 60.5 Å². The molecule has 3 rings (SSSR count). The van der Waals surface area contributed by atoms with Crippen LogP contribution < -0.4 is 14.8 Å². The molecule has 1 N–H and O–H groups in total. The summed E-state index contributed by atoms with van der Waals surface area (Å²) in [5.74, 6) is 0.769. The number of rotatable bonds is 6. The second-order valence-electron chi connectivity index (χ2n) is 5.90. The van der Waals surface area contributed by atoms with Crippen molar-refractivity contribution < 1.29 is 14.3 Å². The van der Waals surface area contributed by atoms with E-state index < -0.39 is 0 Å². The van der Waals surface area contributed by atoms with Crippen LogP contribution in [0.3, 0.4) is 0 Å². The molecular weight excluding hydrogens is 387 g/mol. The van der Waals surface area contributed by atoms with Crippen molar-refractivity contribution in [3.8, 4) is 11.5 Å². The summed E-state index contributed by atoms with van der Waals surface area (Å²) < 4.78 is 10.9. The van der Waals surface area contributed by atoms with E-state index in [1.807, 2.05) is 43.3 Å². The summed E-state index contributed by atoms with van der Waals surface area (Å²) in [6, 6.07) is 12.8. The molecule has 0 atom stereocenters. The molecule has 0 saturated carbocycles. The number of nitrogens with zero attached hydrogens (tertiary/aromatic N) is 1. The molecule has 27 heavy (non-hydrogen) atoms. The van der Waals surface area contributed by atoms with Crippen LogP contribution in [0.15, 0.2) is 42.5 Å². The molecule has 0 bridgehead atoms. The van der Waals surface area contributed by atoms with E-state index in [1.165, 1.54) is 0 Å². The first-order valence-electron chi connectivity index (χ1n) is 8.26. The van der Waals surface area contributed by atoms with Crippen molar-refractivity contribution in [1.29, 1.82) is 0 Å². The molecule has 7 heteroatoms. The van der Waals surface area contributed by atoms with Gasteiger partial charge in [-0.2, -0.15) is 0 Å². The summed E-state index contributed by atoms with van der Waals surface area (Å²) in [6.45, 7) is 2.00.